The second-order valence-corrected chi connectivity index (χ2v) is 6.17. The van der Waals surface area contributed by atoms with Crippen molar-refractivity contribution in [3.05, 3.63) is 47.0 Å². The Hall–Kier alpha value is -1.95. The number of benzene rings is 1. The normalized spacial score (nSPS) is 12.2. The third-order valence-corrected chi connectivity index (χ3v) is 4.57. The molecule has 2 N–H and O–H groups in total. The molecule has 0 fully saturated rings. The molecule has 1 aromatic heterocycles. The number of rotatable bonds is 4. The van der Waals surface area contributed by atoms with Gasteiger partial charge in [0.25, 0.3) is 0 Å². The van der Waals surface area contributed by atoms with Crippen LogP contribution >= 0.6 is 0 Å². The maximum Gasteiger partial charge on any atom is 0.147 e. The highest BCUT2D eigenvalue weighted by Gasteiger charge is 2.14. The van der Waals surface area contributed by atoms with Gasteiger partial charge >= 0.3 is 0 Å². The minimum Gasteiger partial charge on any atom is -0.496 e. The van der Waals surface area contributed by atoms with Crippen molar-refractivity contribution in [2.45, 2.75) is 24.5 Å². The van der Waals surface area contributed by atoms with Gasteiger partial charge < -0.3 is 10.5 Å². The molecule has 1 aromatic carbocycles. The quantitative estimate of drug-likeness (QED) is 0.882. The van der Waals surface area contributed by atoms with Gasteiger partial charge in [0.1, 0.15) is 11.6 Å². The Morgan fingerprint density at radius 3 is 2.71 bits per heavy atom. The molecule has 2 aromatic rings. The fourth-order valence-electron chi connectivity index (χ4n) is 2.07. The highest BCUT2D eigenvalue weighted by atomic mass is 32.2. The molecule has 1 heterocycles. The van der Waals surface area contributed by atoms with Crippen molar-refractivity contribution < 1.29 is 13.3 Å². The molecule has 4 nitrogen and oxygen atoms in total. The van der Waals surface area contributed by atoms with Crippen LogP contribution in [0.25, 0.3) is 0 Å². The van der Waals surface area contributed by atoms with E-state index in [4.69, 9.17) is 10.5 Å². The van der Waals surface area contributed by atoms with Crippen LogP contribution in [0, 0.1) is 19.7 Å². The topological polar surface area (TPSA) is 65.2 Å². The Labute approximate surface area is 125 Å². The summed E-state index contributed by atoms with van der Waals surface area (Å²) in [7, 11) is 0.195. The van der Waals surface area contributed by atoms with Crippen molar-refractivity contribution in [3.8, 4) is 5.75 Å². The van der Waals surface area contributed by atoms with Gasteiger partial charge in [0.15, 0.2) is 0 Å². The zero-order valence-corrected chi connectivity index (χ0v) is 13.0. The van der Waals surface area contributed by atoms with E-state index in [1.165, 1.54) is 12.1 Å². The Balaban J connectivity index is 2.29. The highest BCUT2D eigenvalue weighted by Crippen LogP contribution is 2.26. The lowest BCUT2D eigenvalue weighted by Crippen LogP contribution is -2.04. The number of ether oxygens (including phenoxy) is 1. The molecule has 112 valence electrons. The molecule has 0 amide bonds. The monoisotopic (exact) mass is 308 g/mol. The van der Waals surface area contributed by atoms with Crippen LogP contribution < -0.4 is 10.5 Å². The lowest BCUT2D eigenvalue weighted by Gasteiger charge is -2.12. The number of nitrogens with two attached hydrogens (primary N) is 1. The van der Waals surface area contributed by atoms with Crippen LogP contribution in [0.3, 0.4) is 0 Å². The molecule has 0 aliphatic heterocycles. The van der Waals surface area contributed by atoms with Crippen molar-refractivity contribution in [2.24, 2.45) is 0 Å². The summed E-state index contributed by atoms with van der Waals surface area (Å²) in [5, 5.41) is 0. The van der Waals surface area contributed by atoms with Crippen LogP contribution in [0.2, 0.25) is 0 Å². The van der Waals surface area contributed by atoms with Crippen LogP contribution in [-0.4, -0.2) is 16.3 Å². The minimum atomic E-state index is -1.39. The number of hydrogen-bond donors (Lipinski definition) is 1. The van der Waals surface area contributed by atoms with E-state index in [0.29, 0.717) is 10.6 Å². The first-order chi connectivity index (χ1) is 9.93. The summed E-state index contributed by atoms with van der Waals surface area (Å²) in [6.45, 7) is 3.77. The number of methoxy groups -OCH3 is 1. The van der Waals surface area contributed by atoms with E-state index in [1.807, 2.05) is 13.8 Å². The maximum absolute atomic E-state index is 13.4. The van der Waals surface area contributed by atoms with Gasteiger partial charge in [0.05, 0.1) is 35.0 Å². The van der Waals surface area contributed by atoms with Crippen LogP contribution in [0.4, 0.5) is 10.1 Å². The van der Waals surface area contributed by atoms with Crippen molar-refractivity contribution >= 4 is 16.5 Å². The van der Waals surface area contributed by atoms with E-state index in [2.05, 4.69) is 4.98 Å². The number of nitrogen functional groups attached to an aromatic ring is 1. The second kappa shape index (κ2) is 6.22. The zero-order chi connectivity index (χ0) is 15.6. The minimum absolute atomic E-state index is 0.0436. The summed E-state index contributed by atoms with van der Waals surface area (Å²) in [6.07, 6.45) is 1.68. The molecule has 0 aliphatic carbocycles. The number of anilines is 1. The van der Waals surface area contributed by atoms with Gasteiger partial charge in [-0.2, -0.15) is 0 Å². The Kier molecular flexibility index (Phi) is 4.57. The van der Waals surface area contributed by atoms with Crippen molar-refractivity contribution in [1.29, 1.82) is 0 Å². The summed E-state index contributed by atoms with van der Waals surface area (Å²) < 4.78 is 31.1. The first kappa shape index (κ1) is 15.4. The van der Waals surface area contributed by atoms with Crippen molar-refractivity contribution in [1.82, 2.24) is 4.98 Å². The molecule has 0 bridgehead atoms. The Morgan fingerprint density at radius 2 is 2.10 bits per heavy atom. The summed E-state index contributed by atoms with van der Waals surface area (Å²) in [5.41, 5.74) is 7.90. The van der Waals surface area contributed by atoms with Crippen LogP contribution in [0.1, 0.15) is 16.8 Å². The summed E-state index contributed by atoms with van der Waals surface area (Å²) >= 11 is 0. The average Bonchev–Trinajstić information content (AvgIpc) is 2.45. The van der Waals surface area contributed by atoms with Gasteiger partial charge in [-0.3, -0.25) is 9.19 Å². The first-order valence-electron chi connectivity index (χ1n) is 6.36. The third kappa shape index (κ3) is 3.21. The number of nitrogens with zero attached hydrogens (tertiary/aromatic N) is 1. The molecule has 21 heavy (non-hydrogen) atoms. The van der Waals surface area contributed by atoms with Gasteiger partial charge in [-0.05, 0) is 32.0 Å². The van der Waals surface area contributed by atoms with E-state index in [0.717, 1.165) is 16.9 Å². The summed E-state index contributed by atoms with van der Waals surface area (Å²) in [4.78, 5) is 4.69. The molecular weight excluding hydrogens is 291 g/mol. The predicted octanol–water partition coefficient (Wildman–Crippen LogP) is 2.74. The second-order valence-electron chi connectivity index (χ2n) is 4.72. The number of halogens is 1. The smallest absolute Gasteiger partial charge is 0.147 e. The van der Waals surface area contributed by atoms with Crippen LogP contribution in [0.15, 0.2) is 29.3 Å². The lowest BCUT2D eigenvalue weighted by molar-refractivity contribution is 0.407. The van der Waals surface area contributed by atoms with Gasteiger partial charge in [-0.1, -0.05) is 0 Å². The van der Waals surface area contributed by atoms with Crippen molar-refractivity contribution in [2.75, 3.05) is 12.8 Å². The van der Waals surface area contributed by atoms with Crippen molar-refractivity contribution in [3.63, 3.8) is 0 Å². The Bertz CT molecular complexity index is 704. The fourth-order valence-corrected chi connectivity index (χ4v) is 3.23. The molecule has 1 atom stereocenters. The number of pyridine rings is 1. The number of aromatic nitrogens is 1. The summed E-state index contributed by atoms with van der Waals surface area (Å²) in [5.74, 6) is 0.374. The van der Waals surface area contributed by atoms with Crippen LogP contribution in [-0.2, 0) is 16.6 Å². The molecule has 0 spiro atoms. The molecule has 2 rings (SSSR count). The van der Waals surface area contributed by atoms with Gasteiger partial charge in [0, 0.05) is 22.2 Å². The van der Waals surface area contributed by atoms with Gasteiger partial charge in [-0.15, -0.1) is 0 Å². The van der Waals surface area contributed by atoms with Gasteiger partial charge in [0.2, 0.25) is 0 Å². The van der Waals surface area contributed by atoms with E-state index >= 15 is 0 Å². The Morgan fingerprint density at radius 1 is 1.38 bits per heavy atom. The summed E-state index contributed by atoms with van der Waals surface area (Å²) in [6, 6.07) is 4.18. The average molecular weight is 308 g/mol. The molecular formula is C15H17FN2O2S. The van der Waals surface area contributed by atoms with E-state index in [-0.39, 0.29) is 11.4 Å². The van der Waals surface area contributed by atoms with E-state index in [1.54, 1.807) is 19.4 Å². The third-order valence-electron chi connectivity index (χ3n) is 3.25. The highest BCUT2D eigenvalue weighted by molar-refractivity contribution is 7.84. The van der Waals surface area contributed by atoms with E-state index in [9.17, 15) is 8.60 Å². The van der Waals surface area contributed by atoms with Gasteiger partial charge in [-0.25, -0.2) is 4.39 Å². The maximum atomic E-state index is 13.4. The SMILES string of the molecule is COc1c(C)cnc(CS(=O)c2ccc(N)c(F)c2)c1C. The molecule has 1 unspecified atom stereocenters. The molecule has 0 aliphatic rings. The zero-order valence-electron chi connectivity index (χ0n) is 12.1. The number of hydrogen-bond acceptors (Lipinski definition) is 4. The lowest BCUT2D eigenvalue weighted by atomic mass is 10.1. The predicted molar refractivity (Wildman–Crippen MR) is 81.2 cm³/mol. The van der Waals surface area contributed by atoms with Crippen LogP contribution in [0.5, 0.6) is 5.75 Å². The standard InChI is InChI=1S/C15H17FN2O2S/c1-9-7-18-14(10(2)15(9)20-3)8-21(19)11-4-5-13(17)12(16)6-11/h4-7H,8,17H2,1-3H3. The first-order valence-corrected chi connectivity index (χ1v) is 7.68. The fraction of sp³-hybridized carbons (Fsp3) is 0.267. The molecule has 0 saturated heterocycles. The van der Waals surface area contributed by atoms with E-state index < -0.39 is 16.6 Å². The molecule has 0 radical (unpaired) electrons. The molecule has 6 heteroatoms. The number of aryl methyl sites for hydroxylation is 1. The largest absolute Gasteiger partial charge is 0.496 e. The molecule has 0 saturated carbocycles.